The molecular weight excluding hydrogens is 506 g/mol. The number of hydrogen-bond donors (Lipinski definition) is 2. The van der Waals surface area contributed by atoms with Crippen LogP contribution in [0.4, 0.5) is 11.5 Å². The maximum atomic E-state index is 3.87. The molecule has 0 amide bonds. The van der Waals surface area contributed by atoms with E-state index in [1.165, 1.54) is 81.1 Å². The van der Waals surface area contributed by atoms with Gasteiger partial charge in [0.25, 0.3) is 0 Å². The Hall–Kier alpha value is -4.54. The largest absolute Gasteiger partial charge is 0.373 e. The predicted octanol–water partition coefficient (Wildman–Crippen LogP) is 9.38. The zero-order valence-electron chi connectivity index (χ0n) is 21.7. The molecule has 3 nitrogen and oxygen atoms in total. The molecule has 7 aromatic rings. The first kappa shape index (κ1) is 21.3. The Balaban J connectivity index is 1.19. The van der Waals surface area contributed by atoms with Gasteiger partial charge in [-0.3, -0.25) is 4.40 Å². The zero-order valence-corrected chi connectivity index (χ0v) is 22.6. The third-order valence-electron chi connectivity index (χ3n) is 9.21. The van der Waals surface area contributed by atoms with Crippen molar-refractivity contribution in [3.05, 3.63) is 108 Å². The maximum absolute atomic E-state index is 3.87. The number of benzene rings is 4. The van der Waals surface area contributed by atoms with Gasteiger partial charge < -0.3 is 10.6 Å². The van der Waals surface area contributed by atoms with E-state index >= 15 is 0 Å². The molecule has 10 rings (SSSR count). The minimum absolute atomic E-state index is 0.247. The summed E-state index contributed by atoms with van der Waals surface area (Å²) in [7, 11) is 0. The molecule has 1 aliphatic heterocycles. The summed E-state index contributed by atoms with van der Waals surface area (Å²) in [6.45, 7) is 0. The van der Waals surface area contributed by atoms with E-state index in [4.69, 9.17) is 0 Å². The minimum Gasteiger partial charge on any atom is -0.373 e. The van der Waals surface area contributed by atoms with Gasteiger partial charge in [-0.2, -0.15) is 0 Å². The van der Waals surface area contributed by atoms with Gasteiger partial charge >= 0.3 is 0 Å². The second-order valence-electron chi connectivity index (χ2n) is 11.4. The van der Waals surface area contributed by atoms with Crippen LogP contribution in [0.25, 0.3) is 64.6 Å². The van der Waals surface area contributed by atoms with E-state index in [0.29, 0.717) is 0 Å². The minimum atomic E-state index is 0.247. The van der Waals surface area contributed by atoms with E-state index in [9.17, 15) is 0 Å². The fourth-order valence-corrected chi connectivity index (χ4v) is 8.45. The molecule has 2 unspecified atom stereocenters. The summed E-state index contributed by atoms with van der Waals surface area (Å²) in [5.41, 5.74) is 9.24. The normalized spacial score (nSPS) is 19.4. The van der Waals surface area contributed by atoms with Crippen LogP contribution in [0.2, 0.25) is 0 Å². The molecule has 190 valence electrons. The van der Waals surface area contributed by atoms with E-state index in [-0.39, 0.29) is 12.1 Å². The molecule has 0 radical (unpaired) electrons. The van der Waals surface area contributed by atoms with Crippen LogP contribution < -0.4 is 10.6 Å². The van der Waals surface area contributed by atoms with Crippen molar-refractivity contribution in [1.29, 1.82) is 0 Å². The smallest absolute Gasteiger partial charge is 0.136 e. The average Bonchev–Trinajstić information content (AvgIpc) is 3.64. The van der Waals surface area contributed by atoms with E-state index in [0.717, 1.165) is 12.8 Å². The Morgan fingerprint density at radius 1 is 0.725 bits per heavy atom. The van der Waals surface area contributed by atoms with Gasteiger partial charge in [0.05, 0.1) is 28.8 Å². The summed E-state index contributed by atoms with van der Waals surface area (Å²) in [4.78, 5) is 0. The monoisotopic (exact) mass is 531 g/mol. The highest BCUT2D eigenvalue weighted by molar-refractivity contribution is 7.25. The molecule has 3 aliphatic rings. The lowest BCUT2D eigenvalue weighted by Gasteiger charge is -2.33. The number of hydrogen-bond acceptors (Lipinski definition) is 3. The number of nitrogens with one attached hydrogen (secondary N) is 2. The SMILES string of the molecule is C1=CC2Nc3c(n4c5cc6sc7cc(-c8ccc9c(c8)CCC=C9)ccc7c6cc5c5cccc3c54)NC2C=C1. The second kappa shape index (κ2) is 7.56. The number of rotatable bonds is 1. The Bertz CT molecular complexity index is 2290. The maximum Gasteiger partial charge on any atom is 0.136 e. The molecule has 40 heavy (non-hydrogen) atoms. The van der Waals surface area contributed by atoms with Crippen molar-refractivity contribution < 1.29 is 0 Å². The zero-order chi connectivity index (χ0) is 25.9. The lowest BCUT2D eigenvalue weighted by Crippen LogP contribution is -2.41. The molecular formula is C36H25N3S. The predicted molar refractivity (Wildman–Crippen MR) is 172 cm³/mol. The third kappa shape index (κ3) is 2.74. The van der Waals surface area contributed by atoms with Crippen molar-refractivity contribution in [1.82, 2.24) is 4.40 Å². The molecule has 4 heterocycles. The number of anilines is 2. The van der Waals surface area contributed by atoms with Crippen molar-refractivity contribution in [2.45, 2.75) is 24.9 Å². The summed E-state index contributed by atoms with van der Waals surface area (Å²) in [5, 5.41) is 14.3. The lowest BCUT2D eigenvalue weighted by molar-refractivity contribution is 0.760. The lowest BCUT2D eigenvalue weighted by atomic mass is 9.93. The van der Waals surface area contributed by atoms with Gasteiger partial charge in [-0.05, 0) is 53.3 Å². The summed E-state index contributed by atoms with van der Waals surface area (Å²) in [6, 6.07) is 26.1. The van der Waals surface area contributed by atoms with E-state index < -0.39 is 0 Å². The molecule has 0 fully saturated rings. The fourth-order valence-electron chi connectivity index (χ4n) is 7.29. The number of para-hydroxylation sites is 1. The van der Waals surface area contributed by atoms with Crippen molar-refractivity contribution in [3.8, 4) is 11.1 Å². The molecule has 0 bridgehead atoms. The molecule has 0 spiro atoms. The highest BCUT2D eigenvalue weighted by Gasteiger charge is 2.31. The number of allylic oxidation sites excluding steroid dienone is 3. The molecule has 0 saturated heterocycles. The van der Waals surface area contributed by atoms with Gasteiger partial charge in [0, 0.05) is 36.3 Å². The van der Waals surface area contributed by atoms with Crippen LogP contribution in [-0.4, -0.2) is 16.5 Å². The standard InChI is InChI=1S/C36H25N3S/c1-2-7-21-16-22(13-12-20(21)6-1)23-14-15-24-28-18-27-25-8-5-9-26-34-36(38-30-11-4-3-10-29(30)37-34)39(35(25)26)31(27)19-33(28)40-32(24)17-23/h1,3-6,8-19,29-30,37-38H,2,7H2. The van der Waals surface area contributed by atoms with Crippen molar-refractivity contribution in [2.75, 3.05) is 10.6 Å². The number of aryl methyl sites for hydroxylation is 1. The van der Waals surface area contributed by atoms with E-state index in [1.807, 2.05) is 11.3 Å². The highest BCUT2D eigenvalue weighted by atomic mass is 32.1. The van der Waals surface area contributed by atoms with Gasteiger partial charge in [-0.25, -0.2) is 0 Å². The topological polar surface area (TPSA) is 28.5 Å². The molecule has 2 atom stereocenters. The van der Waals surface area contributed by atoms with E-state index in [1.54, 1.807) is 0 Å². The van der Waals surface area contributed by atoms with Crippen molar-refractivity contribution in [2.24, 2.45) is 0 Å². The summed E-state index contributed by atoms with van der Waals surface area (Å²) < 4.78 is 5.15. The molecule has 2 N–H and O–H groups in total. The second-order valence-corrected chi connectivity index (χ2v) is 12.5. The highest BCUT2D eigenvalue weighted by Crippen LogP contribution is 2.47. The van der Waals surface area contributed by atoms with E-state index in [2.05, 4.69) is 118 Å². The van der Waals surface area contributed by atoms with Crippen LogP contribution in [0, 0.1) is 0 Å². The first-order valence-electron chi connectivity index (χ1n) is 14.2. The first-order chi connectivity index (χ1) is 19.8. The third-order valence-corrected chi connectivity index (χ3v) is 10.3. The quantitative estimate of drug-likeness (QED) is 0.221. The van der Waals surface area contributed by atoms with Crippen LogP contribution in [-0.2, 0) is 6.42 Å². The van der Waals surface area contributed by atoms with Crippen LogP contribution in [0.3, 0.4) is 0 Å². The molecule has 2 aliphatic carbocycles. The van der Waals surface area contributed by atoms with Gasteiger partial charge in [-0.1, -0.05) is 85.0 Å². The summed E-state index contributed by atoms with van der Waals surface area (Å²) in [5.74, 6) is 1.17. The first-order valence-corrected chi connectivity index (χ1v) is 15.0. The van der Waals surface area contributed by atoms with Gasteiger partial charge in [0.15, 0.2) is 0 Å². The Morgan fingerprint density at radius 3 is 2.50 bits per heavy atom. The number of nitrogens with zero attached hydrogens (tertiary/aromatic N) is 1. The number of aromatic nitrogens is 1. The number of fused-ring (bicyclic) bond motifs is 11. The Labute approximate surface area is 235 Å². The van der Waals surface area contributed by atoms with Crippen LogP contribution in [0.15, 0.2) is 97.1 Å². The van der Waals surface area contributed by atoms with Crippen molar-refractivity contribution in [3.63, 3.8) is 0 Å². The Morgan fingerprint density at radius 2 is 1.55 bits per heavy atom. The summed E-state index contributed by atoms with van der Waals surface area (Å²) >= 11 is 1.91. The number of thiophene rings is 1. The van der Waals surface area contributed by atoms with Gasteiger partial charge in [0.2, 0.25) is 0 Å². The van der Waals surface area contributed by atoms with Crippen molar-refractivity contribution >= 4 is 76.3 Å². The summed E-state index contributed by atoms with van der Waals surface area (Å²) in [6.07, 6.45) is 15.6. The molecule has 0 saturated carbocycles. The molecule has 4 aromatic carbocycles. The Kier molecular flexibility index (Phi) is 4.02. The van der Waals surface area contributed by atoms with Crippen LogP contribution in [0.1, 0.15) is 17.5 Å². The molecule has 3 aromatic heterocycles. The van der Waals surface area contributed by atoms with Crippen LogP contribution in [0.5, 0.6) is 0 Å². The fraction of sp³-hybridized carbons (Fsp3) is 0.111. The van der Waals surface area contributed by atoms with Gasteiger partial charge in [-0.15, -0.1) is 11.3 Å². The average molecular weight is 532 g/mol. The van der Waals surface area contributed by atoms with Crippen LogP contribution >= 0.6 is 11.3 Å². The molecule has 4 heteroatoms. The van der Waals surface area contributed by atoms with Gasteiger partial charge in [0.1, 0.15) is 5.82 Å².